The predicted octanol–water partition coefficient (Wildman–Crippen LogP) is 2.79. The standard InChI is InChI=1S/C9H7N3OS/c10-9-11-8(5-14-9)6-1-3-7(12-13)4-2-6/h1-5H,(H2,10,11). The van der Waals surface area contributed by atoms with Crippen molar-refractivity contribution < 1.29 is 0 Å². The molecular weight excluding hydrogens is 198 g/mol. The number of benzene rings is 1. The van der Waals surface area contributed by atoms with Crippen LogP contribution in [0.25, 0.3) is 11.3 Å². The Balaban J connectivity index is 2.38. The van der Waals surface area contributed by atoms with Crippen LogP contribution in [0, 0.1) is 4.91 Å². The molecule has 5 heteroatoms. The molecule has 0 unspecified atom stereocenters. The van der Waals surface area contributed by atoms with Crippen LogP contribution in [0.4, 0.5) is 10.8 Å². The molecule has 0 fully saturated rings. The Hall–Kier alpha value is -1.75. The minimum Gasteiger partial charge on any atom is -0.375 e. The second-order valence-corrected chi connectivity index (χ2v) is 3.60. The fraction of sp³-hybridized carbons (Fsp3) is 0. The molecular formula is C9H7N3OS. The Bertz CT molecular complexity index is 449. The quantitative estimate of drug-likeness (QED) is 0.766. The number of hydrogen-bond acceptors (Lipinski definition) is 5. The van der Waals surface area contributed by atoms with E-state index in [-0.39, 0.29) is 0 Å². The summed E-state index contributed by atoms with van der Waals surface area (Å²) in [6, 6.07) is 6.90. The van der Waals surface area contributed by atoms with E-state index in [2.05, 4.69) is 10.2 Å². The van der Waals surface area contributed by atoms with Crippen molar-refractivity contribution in [1.82, 2.24) is 4.98 Å². The monoisotopic (exact) mass is 205 g/mol. The first-order valence-corrected chi connectivity index (χ1v) is 4.82. The van der Waals surface area contributed by atoms with E-state index >= 15 is 0 Å². The lowest BCUT2D eigenvalue weighted by molar-refractivity contribution is 1.40. The van der Waals surface area contributed by atoms with Crippen molar-refractivity contribution in [2.45, 2.75) is 0 Å². The zero-order chi connectivity index (χ0) is 9.97. The molecule has 0 aliphatic heterocycles. The number of thiazole rings is 1. The SMILES string of the molecule is Nc1nc(-c2ccc(N=O)cc2)cs1. The van der Waals surface area contributed by atoms with E-state index in [0.717, 1.165) is 11.3 Å². The lowest BCUT2D eigenvalue weighted by Gasteiger charge is -1.95. The molecule has 0 saturated carbocycles. The normalized spacial score (nSPS) is 10.0. The molecule has 1 aromatic heterocycles. The summed E-state index contributed by atoms with van der Waals surface area (Å²) >= 11 is 1.39. The van der Waals surface area contributed by atoms with Gasteiger partial charge >= 0.3 is 0 Å². The molecule has 70 valence electrons. The number of nitroso groups, excluding NO2 is 1. The minimum atomic E-state index is 0.414. The summed E-state index contributed by atoms with van der Waals surface area (Å²) in [5.41, 5.74) is 7.68. The number of nitrogens with zero attached hydrogens (tertiary/aromatic N) is 2. The molecule has 0 aliphatic rings. The fourth-order valence-corrected chi connectivity index (χ4v) is 1.69. The third-order valence-corrected chi connectivity index (χ3v) is 2.46. The predicted molar refractivity (Wildman–Crippen MR) is 57.4 cm³/mol. The fourth-order valence-electron chi connectivity index (χ4n) is 1.11. The highest BCUT2D eigenvalue weighted by atomic mass is 32.1. The average molecular weight is 205 g/mol. The van der Waals surface area contributed by atoms with Gasteiger partial charge in [0.15, 0.2) is 5.13 Å². The first kappa shape index (κ1) is 8.83. The first-order chi connectivity index (χ1) is 6.79. The number of hydrogen-bond donors (Lipinski definition) is 1. The van der Waals surface area contributed by atoms with Gasteiger partial charge in [0, 0.05) is 10.9 Å². The van der Waals surface area contributed by atoms with Gasteiger partial charge in [0.2, 0.25) is 0 Å². The van der Waals surface area contributed by atoms with Crippen molar-refractivity contribution in [1.29, 1.82) is 0 Å². The maximum atomic E-state index is 10.2. The van der Waals surface area contributed by atoms with Crippen molar-refractivity contribution >= 4 is 22.2 Å². The van der Waals surface area contributed by atoms with E-state index in [1.165, 1.54) is 11.3 Å². The van der Waals surface area contributed by atoms with Gasteiger partial charge in [-0.25, -0.2) is 4.98 Å². The Morgan fingerprint density at radius 3 is 2.50 bits per heavy atom. The van der Waals surface area contributed by atoms with Crippen LogP contribution in [0.2, 0.25) is 0 Å². The zero-order valence-corrected chi connectivity index (χ0v) is 7.99. The van der Waals surface area contributed by atoms with E-state index in [0.29, 0.717) is 10.8 Å². The van der Waals surface area contributed by atoms with E-state index in [4.69, 9.17) is 5.73 Å². The van der Waals surface area contributed by atoms with Crippen molar-refractivity contribution in [3.63, 3.8) is 0 Å². The van der Waals surface area contributed by atoms with Gasteiger partial charge in [0.05, 0.1) is 5.69 Å². The van der Waals surface area contributed by atoms with Crippen LogP contribution in [0.5, 0.6) is 0 Å². The smallest absolute Gasteiger partial charge is 0.180 e. The van der Waals surface area contributed by atoms with Crippen LogP contribution < -0.4 is 5.73 Å². The molecule has 4 nitrogen and oxygen atoms in total. The number of anilines is 1. The summed E-state index contributed by atoms with van der Waals surface area (Å²) in [6.45, 7) is 0. The van der Waals surface area contributed by atoms with Crippen molar-refractivity contribution in [2.75, 3.05) is 5.73 Å². The highest BCUT2D eigenvalue weighted by Crippen LogP contribution is 2.24. The van der Waals surface area contributed by atoms with Gasteiger partial charge in [-0.3, -0.25) is 0 Å². The van der Waals surface area contributed by atoms with Crippen LogP contribution in [-0.4, -0.2) is 4.98 Å². The minimum absolute atomic E-state index is 0.414. The van der Waals surface area contributed by atoms with Crippen LogP contribution in [0.3, 0.4) is 0 Å². The second kappa shape index (κ2) is 3.55. The first-order valence-electron chi connectivity index (χ1n) is 3.94. The maximum absolute atomic E-state index is 10.2. The summed E-state index contributed by atoms with van der Waals surface area (Å²) in [7, 11) is 0. The molecule has 14 heavy (non-hydrogen) atoms. The Morgan fingerprint density at radius 1 is 1.29 bits per heavy atom. The zero-order valence-electron chi connectivity index (χ0n) is 7.18. The van der Waals surface area contributed by atoms with Gasteiger partial charge in [0.1, 0.15) is 5.69 Å². The Morgan fingerprint density at radius 2 is 2.00 bits per heavy atom. The molecule has 0 amide bonds. The van der Waals surface area contributed by atoms with E-state index in [1.54, 1.807) is 24.3 Å². The van der Waals surface area contributed by atoms with Gasteiger partial charge in [0.25, 0.3) is 0 Å². The lowest BCUT2D eigenvalue weighted by atomic mass is 10.1. The van der Waals surface area contributed by atoms with Gasteiger partial charge in [-0.05, 0) is 17.3 Å². The average Bonchev–Trinajstić information content (AvgIpc) is 2.65. The van der Waals surface area contributed by atoms with Gasteiger partial charge < -0.3 is 5.73 Å². The van der Waals surface area contributed by atoms with Crippen molar-refractivity contribution in [3.8, 4) is 11.3 Å². The number of nitrogens with two attached hydrogens (primary N) is 1. The van der Waals surface area contributed by atoms with E-state index in [1.807, 2.05) is 5.38 Å². The van der Waals surface area contributed by atoms with E-state index in [9.17, 15) is 4.91 Å². The summed E-state index contributed by atoms with van der Waals surface area (Å²) in [5.74, 6) is 0. The molecule has 2 rings (SSSR count). The molecule has 1 aromatic carbocycles. The van der Waals surface area contributed by atoms with Crippen LogP contribution >= 0.6 is 11.3 Å². The molecule has 0 bridgehead atoms. The van der Waals surface area contributed by atoms with Gasteiger partial charge in [-0.1, -0.05) is 12.1 Å². The molecule has 0 aliphatic carbocycles. The highest BCUT2D eigenvalue weighted by molar-refractivity contribution is 7.13. The van der Waals surface area contributed by atoms with Gasteiger partial charge in [-0.15, -0.1) is 16.2 Å². The molecule has 2 aromatic rings. The highest BCUT2D eigenvalue weighted by Gasteiger charge is 2.01. The van der Waals surface area contributed by atoms with Crippen LogP contribution in [0.15, 0.2) is 34.8 Å². The van der Waals surface area contributed by atoms with Crippen LogP contribution in [-0.2, 0) is 0 Å². The third-order valence-electron chi connectivity index (χ3n) is 1.79. The third kappa shape index (κ3) is 1.62. The van der Waals surface area contributed by atoms with Crippen LogP contribution in [0.1, 0.15) is 0 Å². The molecule has 0 saturated heterocycles. The summed E-state index contributed by atoms with van der Waals surface area (Å²) < 4.78 is 0. The topological polar surface area (TPSA) is 68.3 Å². The maximum Gasteiger partial charge on any atom is 0.180 e. The number of nitrogen functional groups attached to an aromatic ring is 1. The second-order valence-electron chi connectivity index (χ2n) is 2.71. The van der Waals surface area contributed by atoms with Crippen molar-refractivity contribution in [3.05, 3.63) is 34.6 Å². The number of rotatable bonds is 2. The molecule has 0 spiro atoms. The lowest BCUT2D eigenvalue weighted by Crippen LogP contribution is -1.82. The summed E-state index contributed by atoms with van der Waals surface area (Å²) in [6.07, 6.45) is 0. The summed E-state index contributed by atoms with van der Waals surface area (Å²) in [5, 5.41) is 5.23. The summed E-state index contributed by atoms with van der Waals surface area (Å²) in [4.78, 5) is 14.3. The largest absolute Gasteiger partial charge is 0.375 e. The molecule has 0 radical (unpaired) electrons. The molecule has 0 atom stereocenters. The molecule has 2 N–H and O–H groups in total. The van der Waals surface area contributed by atoms with Crippen molar-refractivity contribution in [2.24, 2.45) is 5.18 Å². The van der Waals surface area contributed by atoms with E-state index < -0.39 is 0 Å². The Labute approximate surface area is 84.4 Å². The molecule has 1 heterocycles. The number of aromatic nitrogens is 1. The van der Waals surface area contributed by atoms with Gasteiger partial charge in [-0.2, -0.15) is 0 Å². The Kier molecular flexibility index (Phi) is 2.24.